The summed E-state index contributed by atoms with van der Waals surface area (Å²) < 4.78 is 27.8. The Kier molecular flexibility index (Phi) is 4.27. The van der Waals surface area contributed by atoms with Crippen LogP contribution in [0.15, 0.2) is 0 Å². The van der Waals surface area contributed by atoms with Crippen LogP contribution in [0.4, 0.5) is 0 Å². The first kappa shape index (κ1) is 13.8. The zero-order valence-corrected chi connectivity index (χ0v) is 11.6. The maximum absolute atomic E-state index is 12.0. The molecule has 5 nitrogen and oxygen atoms in total. The van der Waals surface area contributed by atoms with E-state index in [1.807, 2.05) is 0 Å². The van der Waals surface area contributed by atoms with Gasteiger partial charge >= 0.3 is 0 Å². The van der Waals surface area contributed by atoms with E-state index in [1.54, 1.807) is 4.90 Å². The van der Waals surface area contributed by atoms with E-state index in [2.05, 4.69) is 0 Å². The lowest BCUT2D eigenvalue weighted by Crippen LogP contribution is -2.44. The zero-order chi connectivity index (χ0) is 13.2. The molecule has 0 aromatic heterocycles. The average Bonchev–Trinajstić information content (AvgIpc) is 2.76. The summed E-state index contributed by atoms with van der Waals surface area (Å²) in [6.45, 7) is 2.22. The molecule has 2 fully saturated rings. The Labute approximate surface area is 108 Å². The normalized spacial score (nSPS) is 26.5. The van der Waals surface area contributed by atoms with Gasteiger partial charge in [0.2, 0.25) is 5.91 Å². The molecule has 0 bridgehead atoms. The van der Waals surface area contributed by atoms with Crippen LogP contribution in [0.3, 0.4) is 0 Å². The number of sulfone groups is 1. The molecule has 0 spiro atoms. The average molecular weight is 275 g/mol. The summed E-state index contributed by atoms with van der Waals surface area (Å²) in [6, 6.07) is 0.225. The van der Waals surface area contributed by atoms with Crippen LogP contribution in [0.5, 0.6) is 0 Å². The minimum Gasteiger partial charge on any atom is -0.381 e. The highest BCUT2D eigenvalue weighted by molar-refractivity contribution is 7.91. The molecule has 2 aliphatic rings. The predicted octanol–water partition coefficient (Wildman–Crippen LogP) is 0.449. The molecule has 104 valence electrons. The van der Waals surface area contributed by atoms with E-state index in [0.717, 1.165) is 45.2 Å². The molecule has 0 aromatic carbocycles. The van der Waals surface area contributed by atoms with Crippen molar-refractivity contribution >= 4 is 15.7 Å². The largest absolute Gasteiger partial charge is 0.381 e. The van der Waals surface area contributed by atoms with Gasteiger partial charge in [0.15, 0.2) is 9.84 Å². The van der Waals surface area contributed by atoms with Crippen LogP contribution in [0, 0.1) is 5.92 Å². The van der Waals surface area contributed by atoms with Gasteiger partial charge in [0.25, 0.3) is 0 Å². The Morgan fingerprint density at radius 2 is 1.94 bits per heavy atom. The van der Waals surface area contributed by atoms with Crippen molar-refractivity contribution in [2.24, 2.45) is 5.92 Å². The molecule has 0 N–H and O–H groups in total. The fourth-order valence-electron chi connectivity index (χ4n) is 3.00. The molecule has 6 heteroatoms. The minimum absolute atomic E-state index is 0.225. The number of amides is 1. The van der Waals surface area contributed by atoms with E-state index in [0.29, 0.717) is 12.5 Å². The van der Waals surface area contributed by atoms with Crippen molar-refractivity contribution < 1.29 is 17.9 Å². The molecule has 1 amide bonds. The highest BCUT2D eigenvalue weighted by atomic mass is 32.2. The summed E-state index contributed by atoms with van der Waals surface area (Å²) in [4.78, 5) is 13.8. The number of hydrogen-bond acceptors (Lipinski definition) is 4. The quantitative estimate of drug-likeness (QED) is 0.750. The van der Waals surface area contributed by atoms with Crippen molar-refractivity contribution in [3.63, 3.8) is 0 Å². The van der Waals surface area contributed by atoms with Crippen LogP contribution >= 0.6 is 0 Å². The summed E-state index contributed by atoms with van der Waals surface area (Å²) in [5.74, 6) is -0.108. The lowest BCUT2D eigenvalue weighted by molar-refractivity contribution is -0.130. The Bertz CT molecular complexity index is 400. The minimum atomic E-state index is -3.23. The van der Waals surface area contributed by atoms with Crippen molar-refractivity contribution in [3.05, 3.63) is 0 Å². The first-order chi connectivity index (χ1) is 8.47. The standard InChI is InChI=1S/C12H21NO4S/c1-18(15,16)9-12(14)13-6-2-3-11(13)10-4-7-17-8-5-10/h10-11H,2-9H2,1H3. The third-order valence-corrected chi connectivity index (χ3v) is 4.59. The molecule has 2 saturated heterocycles. The second-order valence-corrected chi connectivity index (χ2v) is 7.46. The number of carbonyl (C=O) groups is 1. The predicted molar refractivity (Wildman–Crippen MR) is 68.0 cm³/mol. The third-order valence-electron chi connectivity index (χ3n) is 3.82. The van der Waals surface area contributed by atoms with Crippen LogP contribution in [0.2, 0.25) is 0 Å². The number of likely N-dealkylation sites (tertiary alicyclic amines) is 1. The Morgan fingerprint density at radius 1 is 1.28 bits per heavy atom. The van der Waals surface area contributed by atoms with Crippen LogP contribution in [0.25, 0.3) is 0 Å². The Hall–Kier alpha value is -0.620. The topological polar surface area (TPSA) is 63.7 Å². The summed E-state index contributed by atoms with van der Waals surface area (Å²) in [5.41, 5.74) is 0. The summed E-state index contributed by atoms with van der Waals surface area (Å²) >= 11 is 0. The van der Waals surface area contributed by atoms with E-state index in [9.17, 15) is 13.2 Å². The van der Waals surface area contributed by atoms with Gasteiger partial charge in [-0.25, -0.2) is 8.42 Å². The SMILES string of the molecule is CS(=O)(=O)CC(=O)N1CCCC1C1CCOCC1. The number of carbonyl (C=O) groups excluding carboxylic acids is 1. The molecule has 1 unspecified atom stereocenters. The van der Waals surface area contributed by atoms with Gasteiger partial charge in [-0.1, -0.05) is 0 Å². The second kappa shape index (κ2) is 5.57. The first-order valence-corrected chi connectivity index (χ1v) is 8.58. The van der Waals surface area contributed by atoms with Gasteiger partial charge in [0.05, 0.1) is 0 Å². The van der Waals surface area contributed by atoms with Crippen LogP contribution in [0.1, 0.15) is 25.7 Å². The fraction of sp³-hybridized carbons (Fsp3) is 0.917. The van der Waals surface area contributed by atoms with Gasteiger partial charge in [-0.15, -0.1) is 0 Å². The number of hydrogen-bond donors (Lipinski definition) is 0. The van der Waals surface area contributed by atoms with Gasteiger partial charge in [-0.2, -0.15) is 0 Å². The fourth-order valence-corrected chi connectivity index (χ4v) is 3.61. The molecule has 0 aliphatic carbocycles. The Morgan fingerprint density at radius 3 is 2.56 bits per heavy atom. The van der Waals surface area contributed by atoms with Crippen LogP contribution in [-0.4, -0.2) is 57.0 Å². The van der Waals surface area contributed by atoms with Crippen LogP contribution < -0.4 is 0 Å². The molecule has 0 aromatic rings. The zero-order valence-electron chi connectivity index (χ0n) is 10.8. The number of nitrogens with zero attached hydrogens (tertiary/aromatic N) is 1. The molecule has 2 heterocycles. The molecule has 18 heavy (non-hydrogen) atoms. The molecular weight excluding hydrogens is 254 g/mol. The smallest absolute Gasteiger partial charge is 0.238 e. The molecule has 0 saturated carbocycles. The molecule has 2 aliphatic heterocycles. The highest BCUT2D eigenvalue weighted by Crippen LogP contribution is 2.30. The van der Waals surface area contributed by atoms with Crippen molar-refractivity contribution in [2.75, 3.05) is 31.8 Å². The van der Waals surface area contributed by atoms with Gasteiger partial charge < -0.3 is 9.64 Å². The summed E-state index contributed by atoms with van der Waals surface area (Å²) in [7, 11) is -3.23. The van der Waals surface area contributed by atoms with Crippen molar-refractivity contribution in [2.45, 2.75) is 31.7 Å². The van der Waals surface area contributed by atoms with E-state index in [4.69, 9.17) is 4.74 Å². The molecular formula is C12H21NO4S. The second-order valence-electron chi connectivity index (χ2n) is 5.32. The maximum Gasteiger partial charge on any atom is 0.238 e. The van der Waals surface area contributed by atoms with E-state index in [1.165, 1.54) is 0 Å². The van der Waals surface area contributed by atoms with Crippen molar-refractivity contribution in [1.29, 1.82) is 0 Å². The lowest BCUT2D eigenvalue weighted by atomic mass is 9.90. The number of rotatable bonds is 3. The third kappa shape index (κ3) is 3.45. The number of ether oxygens (including phenoxy) is 1. The molecule has 2 rings (SSSR count). The highest BCUT2D eigenvalue weighted by Gasteiger charge is 2.35. The van der Waals surface area contributed by atoms with Crippen molar-refractivity contribution in [1.82, 2.24) is 4.90 Å². The van der Waals surface area contributed by atoms with Gasteiger partial charge in [-0.3, -0.25) is 4.79 Å². The first-order valence-electron chi connectivity index (χ1n) is 6.52. The van der Waals surface area contributed by atoms with E-state index >= 15 is 0 Å². The van der Waals surface area contributed by atoms with Crippen LogP contribution in [-0.2, 0) is 19.4 Å². The van der Waals surface area contributed by atoms with Crippen molar-refractivity contribution in [3.8, 4) is 0 Å². The monoisotopic (exact) mass is 275 g/mol. The molecule has 1 atom stereocenters. The summed E-state index contributed by atoms with van der Waals surface area (Å²) in [5, 5.41) is 0. The van der Waals surface area contributed by atoms with E-state index in [-0.39, 0.29) is 17.7 Å². The lowest BCUT2D eigenvalue weighted by Gasteiger charge is -2.34. The summed E-state index contributed by atoms with van der Waals surface area (Å²) in [6.07, 6.45) is 5.06. The van der Waals surface area contributed by atoms with Gasteiger partial charge in [-0.05, 0) is 31.6 Å². The van der Waals surface area contributed by atoms with E-state index < -0.39 is 9.84 Å². The van der Waals surface area contributed by atoms with Gasteiger partial charge in [0, 0.05) is 32.1 Å². The molecule has 0 radical (unpaired) electrons. The maximum atomic E-state index is 12.0. The Balaban J connectivity index is 2.00. The van der Waals surface area contributed by atoms with Gasteiger partial charge in [0.1, 0.15) is 5.75 Å².